The topological polar surface area (TPSA) is 66.3 Å². The quantitative estimate of drug-likeness (QED) is 0.538. The highest BCUT2D eigenvalue weighted by Gasteiger charge is 2.29. The lowest BCUT2D eigenvalue weighted by Gasteiger charge is -2.25. The van der Waals surface area contributed by atoms with Crippen LogP contribution in [0.5, 0.6) is 0 Å². The van der Waals surface area contributed by atoms with E-state index in [1.807, 2.05) is 48.5 Å². The van der Waals surface area contributed by atoms with Crippen molar-refractivity contribution in [1.29, 1.82) is 0 Å². The summed E-state index contributed by atoms with van der Waals surface area (Å²) in [4.78, 5) is 22.9. The average molecular weight is 442 g/mol. The number of benzene rings is 2. The average Bonchev–Trinajstić information content (AvgIpc) is 3.23. The fourth-order valence-electron chi connectivity index (χ4n) is 3.87. The van der Waals surface area contributed by atoms with E-state index < -0.39 is 5.97 Å². The summed E-state index contributed by atoms with van der Waals surface area (Å²) in [5, 5.41) is 11.0. The zero-order valence-electron chi connectivity index (χ0n) is 16.3. The van der Waals surface area contributed by atoms with Gasteiger partial charge in [0.15, 0.2) is 0 Å². The molecule has 1 fully saturated rings. The SMILES string of the molecule is O=C(O)c1cnc(N2CCCC2c2ccc(Cl)cc2)nc1CCc1ccc(Cl)cc1. The van der Waals surface area contributed by atoms with Gasteiger partial charge in [-0.1, -0.05) is 47.5 Å². The van der Waals surface area contributed by atoms with Crippen molar-refractivity contribution in [3.8, 4) is 0 Å². The van der Waals surface area contributed by atoms with E-state index in [1.165, 1.54) is 6.20 Å². The van der Waals surface area contributed by atoms with Gasteiger partial charge in [0.25, 0.3) is 0 Å². The monoisotopic (exact) mass is 441 g/mol. The van der Waals surface area contributed by atoms with Crippen LogP contribution in [0.4, 0.5) is 5.95 Å². The van der Waals surface area contributed by atoms with E-state index in [2.05, 4.69) is 14.9 Å². The molecule has 1 aromatic heterocycles. The van der Waals surface area contributed by atoms with Crippen molar-refractivity contribution in [2.75, 3.05) is 11.4 Å². The van der Waals surface area contributed by atoms with Gasteiger partial charge in [-0.15, -0.1) is 0 Å². The molecule has 154 valence electrons. The molecule has 0 bridgehead atoms. The second-order valence-electron chi connectivity index (χ2n) is 7.36. The molecule has 5 nitrogen and oxygen atoms in total. The molecule has 2 aromatic carbocycles. The molecule has 4 rings (SSSR count). The number of aromatic carboxylic acids is 1. The van der Waals surface area contributed by atoms with Crippen molar-refractivity contribution in [3.05, 3.63) is 87.2 Å². The van der Waals surface area contributed by atoms with Crippen molar-refractivity contribution in [3.63, 3.8) is 0 Å². The van der Waals surface area contributed by atoms with E-state index in [4.69, 9.17) is 23.2 Å². The van der Waals surface area contributed by atoms with Crippen molar-refractivity contribution >= 4 is 35.1 Å². The van der Waals surface area contributed by atoms with Gasteiger partial charge >= 0.3 is 5.97 Å². The van der Waals surface area contributed by atoms with Crippen LogP contribution in [0.25, 0.3) is 0 Å². The highest BCUT2D eigenvalue weighted by molar-refractivity contribution is 6.30. The Morgan fingerprint density at radius 2 is 1.70 bits per heavy atom. The predicted molar refractivity (Wildman–Crippen MR) is 119 cm³/mol. The normalized spacial score (nSPS) is 16.1. The molecule has 2 heterocycles. The minimum Gasteiger partial charge on any atom is -0.478 e. The largest absolute Gasteiger partial charge is 0.478 e. The number of anilines is 1. The third-order valence-electron chi connectivity index (χ3n) is 5.41. The van der Waals surface area contributed by atoms with Crippen LogP contribution in [0.15, 0.2) is 54.7 Å². The second kappa shape index (κ2) is 9.02. The molecule has 0 saturated carbocycles. The Bertz CT molecular complexity index is 1040. The van der Waals surface area contributed by atoms with Crippen LogP contribution < -0.4 is 4.90 Å². The highest BCUT2D eigenvalue weighted by atomic mass is 35.5. The van der Waals surface area contributed by atoms with Crippen molar-refractivity contribution in [2.45, 2.75) is 31.7 Å². The number of nitrogens with zero attached hydrogens (tertiary/aromatic N) is 3. The van der Waals surface area contributed by atoms with Gasteiger partial charge in [-0.3, -0.25) is 0 Å². The Labute approximate surface area is 185 Å². The van der Waals surface area contributed by atoms with Crippen molar-refractivity contribution in [2.24, 2.45) is 0 Å². The Hall–Kier alpha value is -2.63. The zero-order chi connectivity index (χ0) is 21.1. The van der Waals surface area contributed by atoms with Gasteiger partial charge < -0.3 is 10.0 Å². The molecule has 1 unspecified atom stereocenters. The Balaban J connectivity index is 1.60. The second-order valence-corrected chi connectivity index (χ2v) is 8.24. The van der Waals surface area contributed by atoms with E-state index in [1.54, 1.807) is 0 Å². The number of carbonyl (C=O) groups is 1. The van der Waals surface area contributed by atoms with Gasteiger partial charge in [-0.2, -0.15) is 0 Å². The van der Waals surface area contributed by atoms with Gasteiger partial charge in [0.1, 0.15) is 0 Å². The molecule has 0 radical (unpaired) electrons. The summed E-state index contributed by atoms with van der Waals surface area (Å²) in [7, 11) is 0. The number of hydrogen-bond donors (Lipinski definition) is 1. The smallest absolute Gasteiger partial charge is 0.339 e. The summed E-state index contributed by atoms with van der Waals surface area (Å²) in [6, 6.07) is 15.5. The van der Waals surface area contributed by atoms with Crippen LogP contribution in [0.2, 0.25) is 10.0 Å². The number of halogens is 2. The molecule has 0 amide bonds. The van der Waals surface area contributed by atoms with Gasteiger partial charge in [-0.25, -0.2) is 14.8 Å². The zero-order valence-corrected chi connectivity index (χ0v) is 17.8. The lowest BCUT2D eigenvalue weighted by molar-refractivity contribution is 0.0694. The molecule has 7 heteroatoms. The molecule has 0 aliphatic carbocycles. The van der Waals surface area contributed by atoms with E-state index in [0.717, 1.165) is 30.5 Å². The molecule has 30 heavy (non-hydrogen) atoms. The van der Waals surface area contributed by atoms with E-state index >= 15 is 0 Å². The van der Waals surface area contributed by atoms with Crippen LogP contribution in [0.3, 0.4) is 0 Å². The van der Waals surface area contributed by atoms with Gasteiger partial charge in [0.05, 0.1) is 17.3 Å². The van der Waals surface area contributed by atoms with E-state index in [-0.39, 0.29) is 11.6 Å². The molecule has 1 atom stereocenters. The first-order valence-corrected chi connectivity index (χ1v) is 10.6. The van der Waals surface area contributed by atoms with E-state index in [9.17, 15) is 9.90 Å². The first-order chi connectivity index (χ1) is 14.5. The number of rotatable bonds is 6. The molecule has 0 spiro atoms. The van der Waals surface area contributed by atoms with Crippen LogP contribution in [-0.4, -0.2) is 27.6 Å². The lowest BCUT2D eigenvalue weighted by atomic mass is 10.0. The molecule has 3 aromatic rings. The van der Waals surface area contributed by atoms with Gasteiger partial charge in [0.2, 0.25) is 5.95 Å². The van der Waals surface area contributed by atoms with Crippen LogP contribution in [-0.2, 0) is 12.8 Å². The van der Waals surface area contributed by atoms with Crippen LogP contribution in [0.1, 0.15) is 46.1 Å². The Morgan fingerprint density at radius 3 is 2.37 bits per heavy atom. The maximum absolute atomic E-state index is 11.7. The molecule has 1 saturated heterocycles. The van der Waals surface area contributed by atoms with Crippen molar-refractivity contribution in [1.82, 2.24) is 9.97 Å². The number of aryl methyl sites for hydroxylation is 2. The maximum Gasteiger partial charge on any atom is 0.339 e. The minimum absolute atomic E-state index is 0.148. The molecular formula is C23H21Cl2N3O2. The molecular weight excluding hydrogens is 421 g/mol. The molecule has 1 aliphatic heterocycles. The van der Waals surface area contributed by atoms with Crippen LogP contribution in [0, 0.1) is 0 Å². The lowest BCUT2D eigenvalue weighted by Crippen LogP contribution is -2.25. The number of aromatic nitrogens is 2. The van der Waals surface area contributed by atoms with Crippen LogP contribution >= 0.6 is 23.2 Å². The van der Waals surface area contributed by atoms with Gasteiger partial charge in [0, 0.05) is 22.8 Å². The fourth-order valence-corrected chi connectivity index (χ4v) is 4.12. The Kier molecular flexibility index (Phi) is 6.21. The van der Waals surface area contributed by atoms with E-state index in [0.29, 0.717) is 34.5 Å². The summed E-state index contributed by atoms with van der Waals surface area (Å²) in [6.07, 6.45) is 4.63. The Morgan fingerprint density at radius 1 is 1.03 bits per heavy atom. The highest BCUT2D eigenvalue weighted by Crippen LogP contribution is 2.35. The summed E-state index contributed by atoms with van der Waals surface area (Å²) in [5.41, 5.74) is 2.93. The first-order valence-electron chi connectivity index (χ1n) is 9.87. The summed E-state index contributed by atoms with van der Waals surface area (Å²) in [6.45, 7) is 0.830. The van der Waals surface area contributed by atoms with Gasteiger partial charge in [-0.05, 0) is 61.1 Å². The fraction of sp³-hybridized carbons (Fsp3) is 0.261. The predicted octanol–water partition coefficient (Wildman–Crippen LogP) is 5.61. The third-order valence-corrected chi connectivity index (χ3v) is 5.92. The summed E-state index contributed by atoms with van der Waals surface area (Å²) >= 11 is 12.0. The van der Waals surface area contributed by atoms with Crippen molar-refractivity contribution < 1.29 is 9.90 Å². The maximum atomic E-state index is 11.7. The number of hydrogen-bond acceptors (Lipinski definition) is 4. The summed E-state index contributed by atoms with van der Waals surface area (Å²) in [5.74, 6) is -0.438. The number of carboxylic acid groups (broad SMARTS) is 1. The third kappa shape index (κ3) is 4.58. The minimum atomic E-state index is -1.01. The standard InChI is InChI=1S/C23H21Cl2N3O2/c24-17-8-3-15(4-9-17)5-12-20-19(22(29)30)14-26-23(27-20)28-13-1-2-21(28)16-6-10-18(25)11-7-16/h3-4,6-11,14,21H,1-2,5,12-13H2,(H,29,30). The molecule has 1 N–H and O–H groups in total. The summed E-state index contributed by atoms with van der Waals surface area (Å²) < 4.78 is 0. The number of carboxylic acids is 1. The first kappa shape index (κ1) is 20.6. The molecule has 1 aliphatic rings.